The molecule has 0 radical (unpaired) electrons. The highest BCUT2D eigenvalue weighted by Gasteiger charge is 2.15. The van der Waals surface area contributed by atoms with Crippen LogP contribution in [0.3, 0.4) is 0 Å². The lowest BCUT2D eigenvalue weighted by Crippen LogP contribution is -2.33. The Kier molecular flexibility index (Phi) is 7.10. The third-order valence-corrected chi connectivity index (χ3v) is 3.38. The maximum Gasteiger partial charge on any atom is 0.407 e. The monoisotopic (exact) mass is 396 g/mol. The van der Waals surface area contributed by atoms with Gasteiger partial charge in [0.2, 0.25) is 0 Å². The van der Waals surface area contributed by atoms with Gasteiger partial charge >= 0.3 is 6.09 Å². The second-order valence-corrected chi connectivity index (χ2v) is 7.18. The Bertz CT molecular complexity index is 481. The lowest BCUT2D eigenvalue weighted by Gasteiger charge is -2.19. The Hall–Kier alpha value is -0.650. The van der Waals surface area contributed by atoms with E-state index in [4.69, 9.17) is 27.9 Å². The molecular weight excluding hydrogens is 379 g/mol. The van der Waals surface area contributed by atoms with Gasteiger partial charge in [-0.1, -0.05) is 39.1 Å². The fourth-order valence-electron chi connectivity index (χ4n) is 1.52. The number of carbonyl (C=O) groups excluding carboxylic acids is 1. The highest BCUT2D eigenvalue weighted by atomic mass is 79.9. The van der Waals surface area contributed by atoms with Gasteiger partial charge < -0.3 is 15.4 Å². The largest absolute Gasteiger partial charge is 0.444 e. The number of amides is 1. The van der Waals surface area contributed by atoms with Gasteiger partial charge in [-0.25, -0.2) is 4.79 Å². The number of halogens is 3. The molecule has 118 valence electrons. The molecule has 1 aromatic carbocycles. The number of anilines is 1. The smallest absolute Gasteiger partial charge is 0.407 e. The normalized spacial score (nSPS) is 11.1. The molecule has 0 saturated heterocycles. The summed E-state index contributed by atoms with van der Waals surface area (Å²) < 4.78 is 5.96. The maximum absolute atomic E-state index is 11.4. The number of alkyl carbamates (subject to hydrolysis) is 1. The first-order valence-corrected chi connectivity index (χ1v) is 8.09. The second kappa shape index (κ2) is 8.11. The van der Waals surface area contributed by atoms with Crippen LogP contribution in [0.2, 0.25) is 10.0 Å². The average molecular weight is 398 g/mol. The van der Waals surface area contributed by atoms with Gasteiger partial charge in [0.25, 0.3) is 0 Å². The van der Waals surface area contributed by atoms with Crippen LogP contribution in [0.1, 0.15) is 27.2 Å². The molecule has 0 saturated carbocycles. The zero-order valence-corrected chi connectivity index (χ0v) is 15.3. The van der Waals surface area contributed by atoms with Crippen LogP contribution in [0.4, 0.5) is 10.5 Å². The molecule has 0 atom stereocenters. The topological polar surface area (TPSA) is 50.4 Å². The lowest BCUT2D eigenvalue weighted by atomic mass is 10.2. The molecule has 0 aromatic heterocycles. The van der Waals surface area contributed by atoms with Gasteiger partial charge in [0.1, 0.15) is 5.60 Å². The van der Waals surface area contributed by atoms with Crippen molar-refractivity contribution in [3.05, 3.63) is 26.7 Å². The predicted molar refractivity (Wildman–Crippen MR) is 91.5 cm³/mol. The standard InChI is InChI=1S/C14H19BrCl2N2O2/c1-14(2,3)21-13(20)19-6-4-5-18-12-10(16)7-9(15)8-11(12)17/h7-8,18H,4-6H2,1-3H3,(H,19,20). The fraction of sp³-hybridized carbons (Fsp3) is 0.500. The van der Waals surface area contributed by atoms with Gasteiger partial charge in [-0.3, -0.25) is 0 Å². The number of benzene rings is 1. The molecular formula is C14H19BrCl2N2O2. The van der Waals surface area contributed by atoms with E-state index in [1.807, 2.05) is 20.8 Å². The minimum absolute atomic E-state index is 0.415. The van der Waals surface area contributed by atoms with Gasteiger partial charge in [-0.2, -0.15) is 0 Å². The molecule has 2 N–H and O–H groups in total. The molecule has 4 nitrogen and oxygen atoms in total. The Labute approximate surface area is 143 Å². The number of nitrogens with one attached hydrogen (secondary N) is 2. The molecule has 1 aromatic rings. The third kappa shape index (κ3) is 7.25. The highest BCUT2D eigenvalue weighted by Crippen LogP contribution is 2.33. The molecule has 0 aliphatic carbocycles. The zero-order chi connectivity index (χ0) is 16.0. The Morgan fingerprint density at radius 1 is 1.24 bits per heavy atom. The molecule has 0 heterocycles. The first-order chi connectivity index (χ1) is 9.69. The molecule has 0 bridgehead atoms. The van der Waals surface area contributed by atoms with E-state index in [0.29, 0.717) is 28.8 Å². The summed E-state index contributed by atoms with van der Waals surface area (Å²) in [6.07, 6.45) is 0.310. The highest BCUT2D eigenvalue weighted by molar-refractivity contribution is 9.10. The first kappa shape index (κ1) is 18.4. The summed E-state index contributed by atoms with van der Waals surface area (Å²) >= 11 is 15.5. The van der Waals surface area contributed by atoms with Crippen molar-refractivity contribution in [3.8, 4) is 0 Å². The van der Waals surface area contributed by atoms with Crippen LogP contribution < -0.4 is 10.6 Å². The van der Waals surface area contributed by atoms with Crippen LogP contribution in [0, 0.1) is 0 Å². The van der Waals surface area contributed by atoms with Crippen molar-refractivity contribution in [1.82, 2.24) is 5.32 Å². The van der Waals surface area contributed by atoms with Gasteiger partial charge in [0.15, 0.2) is 0 Å². The lowest BCUT2D eigenvalue weighted by molar-refractivity contribution is 0.0528. The van der Waals surface area contributed by atoms with E-state index in [2.05, 4.69) is 26.6 Å². The molecule has 7 heteroatoms. The number of carbonyl (C=O) groups is 1. The van der Waals surface area contributed by atoms with Crippen LogP contribution in [-0.4, -0.2) is 24.8 Å². The number of rotatable bonds is 5. The summed E-state index contributed by atoms with van der Waals surface area (Å²) in [4.78, 5) is 11.4. The number of hydrogen-bond acceptors (Lipinski definition) is 3. The number of hydrogen-bond donors (Lipinski definition) is 2. The summed E-state index contributed by atoms with van der Waals surface area (Å²) in [6.45, 7) is 6.62. The Balaban J connectivity index is 2.31. The van der Waals surface area contributed by atoms with Gasteiger partial charge in [0.05, 0.1) is 15.7 Å². The van der Waals surface area contributed by atoms with Gasteiger partial charge in [-0.15, -0.1) is 0 Å². The molecule has 0 spiro atoms. The van der Waals surface area contributed by atoms with Crippen molar-refractivity contribution in [1.29, 1.82) is 0 Å². The molecule has 1 rings (SSSR count). The van der Waals surface area contributed by atoms with Crippen LogP contribution in [0.5, 0.6) is 0 Å². The van der Waals surface area contributed by atoms with Crippen LogP contribution >= 0.6 is 39.1 Å². The quantitative estimate of drug-likeness (QED) is 0.680. The summed E-state index contributed by atoms with van der Waals surface area (Å²) in [7, 11) is 0. The SMILES string of the molecule is CC(C)(C)OC(=O)NCCCNc1c(Cl)cc(Br)cc1Cl. The molecule has 21 heavy (non-hydrogen) atoms. The average Bonchev–Trinajstić information content (AvgIpc) is 2.29. The van der Waals surface area contributed by atoms with Crippen molar-refractivity contribution in [2.45, 2.75) is 32.8 Å². The van der Waals surface area contributed by atoms with E-state index < -0.39 is 11.7 Å². The van der Waals surface area contributed by atoms with E-state index >= 15 is 0 Å². The van der Waals surface area contributed by atoms with Gasteiger partial charge in [-0.05, 0) is 39.3 Å². The first-order valence-electron chi connectivity index (χ1n) is 6.54. The van der Waals surface area contributed by atoms with Crippen molar-refractivity contribution in [3.63, 3.8) is 0 Å². The Morgan fingerprint density at radius 3 is 2.33 bits per heavy atom. The predicted octanol–water partition coefficient (Wildman–Crippen LogP) is 5.08. The fourth-order valence-corrected chi connectivity index (χ4v) is 2.86. The molecule has 0 fully saturated rings. The van der Waals surface area contributed by atoms with Crippen molar-refractivity contribution < 1.29 is 9.53 Å². The molecule has 0 unspecified atom stereocenters. The Morgan fingerprint density at radius 2 is 1.81 bits per heavy atom. The van der Waals surface area contributed by atoms with Crippen LogP contribution in [-0.2, 0) is 4.74 Å². The van der Waals surface area contributed by atoms with E-state index in [0.717, 1.165) is 10.9 Å². The zero-order valence-electron chi connectivity index (χ0n) is 12.2. The van der Waals surface area contributed by atoms with Crippen molar-refractivity contribution >= 4 is 50.9 Å². The molecule has 0 aliphatic heterocycles. The second-order valence-electron chi connectivity index (χ2n) is 5.45. The van der Waals surface area contributed by atoms with Crippen LogP contribution in [0.15, 0.2) is 16.6 Å². The summed E-state index contributed by atoms with van der Waals surface area (Å²) in [5.41, 5.74) is 0.208. The minimum Gasteiger partial charge on any atom is -0.444 e. The van der Waals surface area contributed by atoms with Crippen molar-refractivity contribution in [2.24, 2.45) is 0 Å². The summed E-state index contributed by atoms with van der Waals surface area (Å²) in [5, 5.41) is 6.94. The third-order valence-electron chi connectivity index (χ3n) is 2.33. The molecule has 1 amide bonds. The van der Waals surface area contributed by atoms with Crippen LogP contribution in [0.25, 0.3) is 0 Å². The van der Waals surface area contributed by atoms with Crippen molar-refractivity contribution in [2.75, 3.05) is 18.4 Å². The number of ether oxygens (including phenoxy) is 1. The minimum atomic E-state index is -0.485. The van der Waals surface area contributed by atoms with Gasteiger partial charge in [0, 0.05) is 17.6 Å². The molecule has 0 aliphatic rings. The summed E-state index contributed by atoms with van der Waals surface area (Å²) in [5.74, 6) is 0. The summed E-state index contributed by atoms with van der Waals surface area (Å²) in [6, 6.07) is 3.55. The van der Waals surface area contributed by atoms with E-state index in [9.17, 15) is 4.79 Å². The van der Waals surface area contributed by atoms with E-state index in [-0.39, 0.29) is 0 Å². The van der Waals surface area contributed by atoms with E-state index in [1.54, 1.807) is 12.1 Å². The van der Waals surface area contributed by atoms with E-state index in [1.165, 1.54) is 0 Å². The maximum atomic E-state index is 11.4.